The van der Waals surface area contributed by atoms with Crippen molar-refractivity contribution < 1.29 is 9.15 Å². The minimum Gasteiger partial charge on any atom is -0.497 e. The van der Waals surface area contributed by atoms with Crippen LogP contribution in [0.4, 0.5) is 10.8 Å². The van der Waals surface area contributed by atoms with Gasteiger partial charge in [0.05, 0.1) is 19.1 Å². The van der Waals surface area contributed by atoms with E-state index in [2.05, 4.69) is 20.5 Å². The van der Waals surface area contributed by atoms with Crippen LogP contribution in [0.2, 0.25) is 0 Å². The molecule has 136 valence electrons. The summed E-state index contributed by atoms with van der Waals surface area (Å²) in [6, 6.07) is 17.6. The number of aromatic nitrogens is 3. The summed E-state index contributed by atoms with van der Waals surface area (Å²) in [4.78, 5) is 4.34. The Bertz CT molecular complexity index is 1020. The van der Waals surface area contributed by atoms with Gasteiger partial charge in [-0.25, -0.2) is 4.98 Å². The topological polar surface area (TPSA) is 73.1 Å². The normalized spacial score (nSPS) is 10.7. The number of methoxy groups -OCH3 is 1. The van der Waals surface area contributed by atoms with Crippen LogP contribution in [-0.2, 0) is 5.75 Å². The van der Waals surface area contributed by atoms with Crippen molar-refractivity contribution in [2.75, 3.05) is 12.4 Å². The molecular weight excluding hydrogens is 380 g/mol. The molecule has 4 aromatic rings. The van der Waals surface area contributed by atoms with Gasteiger partial charge in [-0.3, -0.25) is 0 Å². The summed E-state index contributed by atoms with van der Waals surface area (Å²) in [5.41, 5.74) is 1.92. The number of oxazole rings is 1. The van der Waals surface area contributed by atoms with Gasteiger partial charge in [0.2, 0.25) is 11.0 Å². The Labute approximate surface area is 164 Å². The third-order valence-electron chi connectivity index (χ3n) is 3.66. The van der Waals surface area contributed by atoms with Crippen molar-refractivity contribution in [3.05, 3.63) is 66.7 Å². The molecule has 0 saturated heterocycles. The first kappa shape index (κ1) is 17.6. The molecular formula is C19H16N4O2S2. The molecule has 8 heteroatoms. The lowest BCUT2D eigenvalue weighted by molar-refractivity contribution is 0.415. The number of anilines is 2. The first-order valence-corrected chi connectivity index (χ1v) is 9.98. The fourth-order valence-electron chi connectivity index (χ4n) is 2.38. The van der Waals surface area contributed by atoms with E-state index in [1.165, 1.54) is 11.3 Å². The zero-order valence-corrected chi connectivity index (χ0v) is 16.1. The number of nitrogens with one attached hydrogen (secondary N) is 1. The predicted octanol–water partition coefficient (Wildman–Crippen LogP) is 5.24. The molecule has 0 aliphatic heterocycles. The van der Waals surface area contributed by atoms with E-state index >= 15 is 0 Å². The predicted molar refractivity (Wildman–Crippen MR) is 108 cm³/mol. The molecule has 0 atom stereocenters. The van der Waals surface area contributed by atoms with E-state index in [-0.39, 0.29) is 0 Å². The standard InChI is InChI=1S/C19H16N4O2S2/c1-24-15-9-5-8-14(10-15)21-18-22-23-19(27-18)26-12-17-20-11-16(25-17)13-6-3-2-4-7-13/h2-11H,12H2,1H3,(H,21,22). The fraction of sp³-hybridized carbons (Fsp3) is 0.105. The second-order valence-corrected chi connectivity index (χ2v) is 7.70. The smallest absolute Gasteiger partial charge is 0.210 e. The number of ether oxygens (including phenoxy) is 1. The third-order valence-corrected chi connectivity index (χ3v) is 5.62. The maximum absolute atomic E-state index is 5.81. The highest BCUT2D eigenvalue weighted by molar-refractivity contribution is 8.00. The Morgan fingerprint density at radius 2 is 2.00 bits per heavy atom. The SMILES string of the molecule is COc1cccc(Nc2nnc(SCc3ncc(-c4ccccc4)o3)s2)c1. The monoisotopic (exact) mass is 396 g/mol. The van der Waals surface area contributed by atoms with Crippen molar-refractivity contribution in [1.82, 2.24) is 15.2 Å². The second-order valence-electron chi connectivity index (χ2n) is 5.50. The number of benzene rings is 2. The van der Waals surface area contributed by atoms with Crippen molar-refractivity contribution in [2.45, 2.75) is 10.1 Å². The molecule has 0 spiro atoms. The molecule has 0 aliphatic carbocycles. The first-order chi connectivity index (χ1) is 13.3. The summed E-state index contributed by atoms with van der Waals surface area (Å²) >= 11 is 3.03. The molecule has 27 heavy (non-hydrogen) atoms. The summed E-state index contributed by atoms with van der Waals surface area (Å²) in [6.45, 7) is 0. The van der Waals surface area contributed by atoms with Crippen LogP contribution < -0.4 is 10.1 Å². The molecule has 2 heterocycles. The van der Waals surface area contributed by atoms with Crippen LogP contribution in [0.1, 0.15) is 5.89 Å². The van der Waals surface area contributed by atoms with Crippen molar-refractivity contribution >= 4 is 33.9 Å². The van der Waals surface area contributed by atoms with Gasteiger partial charge in [0.1, 0.15) is 5.75 Å². The highest BCUT2D eigenvalue weighted by Crippen LogP contribution is 2.31. The van der Waals surface area contributed by atoms with E-state index in [0.717, 1.165) is 32.2 Å². The molecule has 6 nitrogen and oxygen atoms in total. The van der Waals surface area contributed by atoms with E-state index in [1.807, 2.05) is 54.6 Å². The lowest BCUT2D eigenvalue weighted by Gasteiger charge is -2.04. The number of hydrogen-bond acceptors (Lipinski definition) is 8. The molecule has 0 bridgehead atoms. The Balaban J connectivity index is 1.36. The minimum absolute atomic E-state index is 0.598. The second kappa shape index (κ2) is 8.24. The maximum atomic E-state index is 5.81. The van der Waals surface area contributed by atoms with E-state index in [0.29, 0.717) is 11.6 Å². The van der Waals surface area contributed by atoms with Crippen molar-refractivity contribution in [3.8, 4) is 17.1 Å². The molecule has 0 saturated carbocycles. The first-order valence-electron chi connectivity index (χ1n) is 8.17. The van der Waals surface area contributed by atoms with Gasteiger partial charge in [-0.2, -0.15) is 0 Å². The zero-order valence-electron chi connectivity index (χ0n) is 14.5. The van der Waals surface area contributed by atoms with Gasteiger partial charge in [-0.15, -0.1) is 10.2 Å². The molecule has 0 radical (unpaired) electrons. The molecule has 0 amide bonds. The Kier molecular flexibility index (Phi) is 5.36. The van der Waals surface area contributed by atoms with Crippen LogP contribution in [0.25, 0.3) is 11.3 Å². The third kappa shape index (κ3) is 4.47. The fourth-order valence-corrected chi connectivity index (χ4v) is 4.01. The van der Waals surface area contributed by atoms with E-state index in [4.69, 9.17) is 9.15 Å². The maximum Gasteiger partial charge on any atom is 0.210 e. The molecule has 0 unspecified atom stereocenters. The molecule has 0 aliphatic rings. The van der Waals surface area contributed by atoms with Crippen molar-refractivity contribution in [3.63, 3.8) is 0 Å². The van der Waals surface area contributed by atoms with Gasteiger partial charge in [-0.1, -0.05) is 59.5 Å². The highest BCUT2D eigenvalue weighted by Gasteiger charge is 2.10. The van der Waals surface area contributed by atoms with Crippen LogP contribution in [0.15, 0.2) is 69.6 Å². The number of hydrogen-bond donors (Lipinski definition) is 1. The molecule has 4 rings (SSSR count). The van der Waals surface area contributed by atoms with Crippen LogP contribution in [0.3, 0.4) is 0 Å². The van der Waals surface area contributed by atoms with Crippen LogP contribution in [0.5, 0.6) is 5.75 Å². The lowest BCUT2D eigenvalue weighted by atomic mass is 10.2. The largest absolute Gasteiger partial charge is 0.497 e. The number of rotatable bonds is 7. The van der Waals surface area contributed by atoms with Crippen LogP contribution in [0, 0.1) is 0 Å². The average molecular weight is 396 g/mol. The molecule has 2 aromatic carbocycles. The molecule has 2 aromatic heterocycles. The van der Waals surface area contributed by atoms with Gasteiger partial charge in [0.25, 0.3) is 0 Å². The van der Waals surface area contributed by atoms with E-state index in [9.17, 15) is 0 Å². The van der Waals surface area contributed by atoms with Crippen LogP contribution in [-0.4, -0.2) is 22.3 Å². The molecule has 0 fully saturated rings. The summed E-state index contributed by atoms with van der Waals surface area (Å²) in [7, 11) is 1.64. The van der Waals surface area contributed by atoms with E-state index in [1.54, 1.807) is 25.1 Å². The lowest BCUT2D eigenvalue weighted by Crippen LogP contribution is -1.90. The average Bonchev–Trinajstić information content (AvgIpc) is 3.37. The van der Waals surface area contributed by atoms with Gasteiger partial charge in [0.15, 0.2) is 10.1 Å². The van der Waals surface area contributed by atoms with Gasteiger partial charge < -0.3 is 14.5 Å². The van der Waals surface area contributed by atoms with Gasteiger partial charge >= 0.3 is 0 Å². The molecule has 1 N–H and O–H groups in total. The van der Waals surface area contributed by atoms with E-state index < -0.39 is 0 Å². The van der Waals surface area contributed by atoms with Crippen molar-refractivity contribution in [1.29, 1.82) is 0 Å². The number of thioether (sulfide) groups is 1. The van der Waals surface area contributed by atoms with Crippen molar-refractivity contribution in [2.24, 2.45) is 0 Å². The van der Waals surface area contributed by atoms with Crippen LogP contribution >= 0.6 is 23.1 Å². The summed E-state index contributed by atoms with van der Waals surface area (Å²) in [6.07, 6.45) is 1.75. The van der Waals surface area contributed by atoms with Gasteiger partial charge in [0, 0.05) is 17.3 Å². The summed E-state index contributed by atoms with van der Waals surface area (Å²) in [5, 5.41) is 12.3. The Morgan fingerprint density at radius 1 is 1.11 bits per heavy atom. The minimum atomic E-state index is 0.598. The summed E-state index contributed by atoms with van der Waals surface area (Å²) in [5.74, 6) is 2.82. The highest BCUT2D eigenvalue weighted by atomic mass is 32.2. The summed E-state index contributed by atoms with van der Waals surface area (Å²) < 4.78 is 11.9. The number of nitrogens with zero attached hydrogens (tertiary/aromatic N) is 3. The quantitative estimate of drug-likeness (QED) is 0.428. The zero-order chi connectivity index (χ0) is 18.5. The van der Waals surface area contributed by atoms with Gasteiger partial charge in [-0.05, 0) is 12.1 Å². The Hall–Kier alpha value is -2.84. The Morgan fingerprint density at radius 3 is 2.85 bits per heavy atom.